The molecule has 2 unspecified atom stereocenters. The van der Waals surface area contributed by atoms with Gasteiger partial charge < -0.3 is 15.3 Å². The molecule has 0 aromatic heterocycles. The van der Waals surface area contributed by atoms with Gasteiger partial charge in [-0.05, 0) is 39.0 Å². The summed E-state index contributed by atoms with van der Waals surface area (Å²) in [7, 11) is 0. The average molecular weight is 284 g/mol. The Bertz CT molecular complexity index is 355. The second kappa shape index (κ2) is 6.95. The highest BCUT2D eigenvalue weighted by atomic mass is 16.4. The number of carbonyl (C=O) groups excluding carboxylic acids is 1. The standard InChI is InChI=1S/C15H28N2O3/c1-5-12(6-2)11(3)16-14(20)17-10-8-7-9-15(17,4)13(18)19/h11-12H,5-10H2,1-4H3,(H,16,20)(H,18,19). The zero-order valence-corrected chi connectivity index (χ0v) is 13.1. The SMILES string of the molecule is CCC(CC)C(C)NC(=O)N1CCCCC1(C)C(=O)O. The summed E-state index contributed by atoms with van der Waals surface area (Å²) in [5.74, 6) is -0.484. The van der Waals surface area contributed by atoms with Gasteiger partial charge in [0.25, 0.3) is 0 Å². The molecule has 1 aliphatic heterocycles. The van der Waals surface area contributed by atoms with Crippen LogP contribution in [-0.4, -0.2) is 40.1 Å². The first kappa shape index (κ1) is 16.8. The van der Waals surface area contributed by atoms with E-state index in [1.165, 1.54) is 4.90 Å². The minimum Gasteiger partial charge on any atom is -0.480 e. The van der Waals surface area contributed by atoms with Crippen LogP contribution in [0, 0.1) is 5.92 Å². The van der Waals surface area contributed by atoms with E-state index >= 15 is 0 Å². The van der Waals surface area contributed by atoms with E-state index in [9.17, 15) is 14.7 Å². The van der Waals surface area contributed by atoms with Crippen molar-refractivity contribution in [2.24, 2.45) is 5.92 Å². The van der Waals surface area contributed by atoms with Gasteiger partial charge in [0.15, 0.2) is 0 Å². The van der Waals surface area contributed by atoms with Crippen LogP contribution in [0.15, 0.2) is 0 Å². The molecule has 1 rings (SSSR count). The number of nitrogens with one attached hydrogen (secondary N) is 1. The zero-order chi connectivity index (χ0) is 15.3. The van der Waals surface area contributed by atoms with E-state index < -0.39 is 11.5 Å². The van der Waals surface area contributed by atoms with E-state index in [1.807, 2.05) is 6.92 Å². The molecule has 2 amide bonds. The summed E-state index contributed by atoms with van der Waals surface area (Å²) in [6, 6.07) is -0.175. The molecule has 0 bridgehead atoms. The van der Waals surface area contributed by atoms with Crippen molar-refractivity contribution in [3.63, 3.8) is 0 Å². The van der Waals surface area contributed by atoms with E-state index in [0.29, 0.717) is 18.9 Å². The van der Waals surface area contributed by atoms with Crippen LogP contribution >= 0.6 is 0 Å². The highest BCUT2D eigenvalue weighted by molar-refractivity contribution is 5.86. The summed E-state index contributed by atoms with van der Waals surface area (Å²) in [5, 5.41) is 12.4. The molecule has 116 valence electrons. The van der Waals surface area contributed by atoms with Crippen LogP contribution in [0.25, 0.3) is 0 Å². The van der Waals surface area contributed by atoms with E-state index in [2.05, 4.69) is 19.2 Å². The predicted octanol–water partition coefficient (Wildman–Crippen LogP) is 2.85. The number of nitrogens with zero attached hydrogens (tertiary/aromatic N) is 1. The molecular formula is C15H28N2O3. The summed E-state index contributed by atoms with van der Waals surface area (Å²) in [4.78, 5) is 25.4. The van der Waals surface area contributed by atoms with Gasteiger partial charge in [-0.15, -0.1) is 0 Å². The number of piperidine rings is 1. The van der Waals surface area contributed by atoms with Gasteiger partial charge in [-0.25, -0.2) is 9.59 Å². The van der Waals surface area contributed by atoms with Crippen molar-refractivity contribution in [1.82, 2.24) is 10.2 Å². The number of rotatable bonds is 5. The molecule has 1 aliphatic rings. The van der Waals surface area contributed by atoms with Crippen molar-refractivity contribution in [1.29, 1.82) is 0 Å². The predicted molar refractivity (Wildman–Crippen MR) is 78.7 cm³/mol. The van der Waals surface area contributed by atoms with Crippen LogP contribution < -0.4 is 5.32 Å². The van der Waals surface area contributed by atoms with E-state index in [0.717, 1.165) is 25.7 Å². The van der Waals surface area contributed by atoms with Gasteiger partial charge in [-0.2, -0.15) is 0 Å². The molecule has 2 atom stereocenters. The van der Waals surface area contributed by atoms with Crippen molar-refractivity contribution in [2.75, 3.05) is 6.54 Å². The van der Waals surface area contributed by atoms with Crippen LogP contribution in [0.4, 0.5) is 4.79 Å². The molecule has 2 N–H and O–H groups in total. The van der Waals surface area contributed by atoms with Gasteiger partial charge in [0.1, 0.15) is 5.54 Å². The second-order valence-corrected chi connectivity index (χ2v) is 6.00. The average Bonchev–Trinajstić information content (AvgIpc) is 2.40. The molecule has 1 heterocycles. The molecule has 0 aliphatic carbocycles. The normalized spacial score (nSPS) is 24.6. The highest BCUT2D eigenvalue weighted by Gasteiger charge is 2.44. The third-order valence-electron chi connectivity index (χ3n) is 4.70. The second-order valence-electron chi connectivity index (χ2n) is 6.00. The Morgan fingerprint density at radius 2 is 1.90 bits per heavy atom. The quantitative estimate of drug-likeness (QED) is 0.815. The van der Waals surface area contributed by atoms with E-state index in [1.54, 1.807) is 6.92 Å². The molecule has 5 heteroatoms. The first-order valence-electron chi connectivity index (χ1n) is 7.68. The van der Waals surface area contributed by atoms with Crippen molar-refractivity contribution in [3.05, 3.63) is 0 Å². The molecule has 0 spiro atoms. The lowest BCUT2D eigenvalue weighted by molar-refractivity contribution is -0.150. The molecule has 0 aromatic rings. The van der Waals surface area contributed by atoms with Crippen LogP contribution in [0.3, 0.4) is 0 Å². The van der Waals surface area contributed by atoms with Gasteiger partial charge in [0.05, 0.1) is 0 Å². The summed E-state index contributed by atoms with van der Waals surface area (Å²) >= 11 is 0. The zero-order valence-electron chi connectivity index (χ0n) is 13.1. The Labute approximate surface area is 121 Å². The minimum absolute atomic E-state index is 0.0671. The van der Waals surface area contributed by atoms with Crippen LogP contribution in [0.5, 0.6) is 0 Å². The van der Waals surface area contributed by atoms with Crippen LogP contribution in [-0.2, 0) is 4.79 Å². The molecule has 0 aromatic carbocycles. The maximum absolute atomic E-state index is 12.4. The highest BCUT2D eigenvalue weighted by Crippen LogP contribution is 2.28. The monoisotopic (exact) mass is 284 g/mol. The van der Waals surface area contributed by atoms with Crippen molar-refractivity contribution < 1.29 is 14.7 Å². The molecule has 1 fully saturated rings. The number of carbonyl (C=O) groups is 2. The Balaban J connectivity index is 2.76. The summed E-state index contributed by atoms with van der Waals surface area (Å²) in [5.41, 5.74) is -1.07. The van der Waals surface area contributed by atoms with Crippen molar-refractivity contribution >= 4 is 12.0 Å². The fraction of sp³-hybridized carbons (Fsp3) is 0.867. The topological polar surface area (TPSA) is 69.6 Å². The molecule has 20 heavy (non-hydrogen) atoms. The first-order valence-corrected chi connectivity index (χ1v) is 7.68. The smallest absolute Gasteiger partial charge is 0.329 e. The van der Waals surface area contributed by atoms with Gasteiger partial charge in [0, 0.05) is 12.6 Å². The van der Waals surface area contributed by atoms with Gasteiger partial charge in [0.2, 0.25) is 0 Å². The van der Waals surface area contributed by atoms with E-state index in [4.69, 9.17) is 0 Å². The summed E-state index contributed by atoms with van der Waals surface area (Å²) in [6.07, 6.45) is 4.27. The fourth-order valence-corrected chi connectivity index (χ4v) is 3.06. The number of hydrogen-bond acceptors (Lipinski definition) is 2. The number of carboxylic acid groups (broad SMARTS) is 1. The number of aliphatic carboxylic acids is 1. The summed E-state index contributed by atoms with van der Waals surface area (Å²) < 4.78 is 0. The Morgan fingerprint density at radius 1 is 1.30 bits per heavy atom. The Hall–Kier alpha value is -1.26. The van der Waals surface area contributed by atoms with Gasteiger partial charge >= 0.3 is 12.0 Å². The van der Waals surface area contributed by atoms with Crippen LogP contribution in [0.1, 0.15) is 59.8 Å². The van der Waals surface area contributed by atoms with E-state index in [-0.39, 0.29) is 12.1 Å². The molecular weight excluding hydrogens is 256 g/mol. The third kappa shape index (κ3) is 3.44. The number of amides is 2. The fourth-order valence-electron chi connectivity index (χ4n) is 3.06. The van der Waals surface area contributed by atoms with Gasteiger partial charge in [-0.1, -0.05) is 26.7 Å². The largest absolute Gasteiger partial charge is 0.480 e. The lowest BCUT2D eigenvalue weighted by Crippen LogP contribution is -2.61. The van der Waals surface area contributed by atoms with Crippen molar-refractivity contribution in [3.8, 4) is 0 Å². The van der Waals surface area contributed by atoms with Crippen LogP contribution in [0.2, 0.25) is 0 Å². The molecule has 5 nitrogen and oxygen atoms in total. The van der Waals surface area contributed by atoms with Gasteiger partial charge in [-0.3, -0.25) is 0 Å². The number of carboxylic acids is 1. The number of urea groups is 1. The Morgan fingerprint density at radius 3 is 2.40 bits per heavy atom. The first-order chi connectivity index (χ1) is 9.36. The molecule has 0 saturated carbocycles. The summed E-state index contributed by atoms with van der Waals surface area (Å²) in [6.45, 7) is 8.38. The van der Waals surface area contributed by atoms with Crippen molar-refractivity contribution in [2.45, 2.75) is 71.4 Å². The third-order valence-corrected chi connectivity index (χ3v) is 4.70. The maximum Gasteiger partial charge on any atom is 0.329 e. The lowest BCUT2D eigenvalue weighted by atomic mass is 9.88. The molecule has 0 radical (unpaired) electrons. The Kier molecular flexibility index (Phi) is 5.84. The lowest BCUT2D eigenvalue weighted by Gasteiger charge is -2.42. The number of hydrogen-bond donors (Lipinski definition) is 2. The maximum atomic E-state index is 12.4. The minimum atomic E-state index is -1.07. The molecule has 1 saturated heterocycles. The number of likely N-dealkylation sites (tertiary alicyclic amines) is 1.